The molecule has 1 aliphatic carbocycles. The minimum absolute atomic E-state index is 0.103. The fraction of sp³-hybridized carbons (Fsp3) is 0.444. The van der Waals surface area contributed by atoms with Gasteiger partial charge in [0.15, 0.2) is 0 Å². The molecule has 3 rings (SSSR count). The van der Waals surface area contributed by atoms with Crippen LogP contribution in [0.3, 0.4) is 0 Å². The average Bonchev–Trinajstić information content (AvgIpc) is 3.15. The molecule has 1 aromatic carbocycles. The van der Waals surface area contributed by atoms with Crippen molar-refractivity contribution in [2.75, 3.05) is 7.05 Å². The number of nitrogens with zero attached hydrogens (tertiary/aromatic N) is 4. The third-order valence-electron chi connectivity index (χ3n) is 5.09. The summed E-state index contributed by atoms with van der Waals surface area (Å²) >= 11 is 0. The first kappa shape index (κ1) is 17.1. The highest BCUT2D eigenvalue weighted by Crippen LogP contribution is 2.29. The van der Waals surface area contributed by atoms with Crippen molar-refractivity contribution in [3.63, 3.8) is 0 Å². The Hall–Kier alpha value is -2.70. The van der Waals surface area contributed by atoms with Crippen molar-refractivity contribution in [2.45, 2.75) is 38.6 Å². The molecule has 2 atom stereocenters. The van der Waals surface area contributed by atoms with E-state index < -0.39 is 4.92 Å². The first-order valence-corrected chi connectivity index (χ1v) is 8.53. The standard InChI is InChI=1S/C18H22N4O3/c1-13-5-3-4-6-15(13)20(2)18(23)14-7-8-16(17(11-14)22(24)25)21-10-9-19-12-21/h7-13,15H,3-6H2,1-2H3. The highest BCUT2D eigenvalue weighted by molar-refractivity contribution is 5.95. The Labute approximate surface area is 146 Å². The summed E-state index contributed by atoms with van der Waals surface area (Å²) in [5, 5.41) is 11.5. The number of rotatable bonds is 4. The van der Waals surface area contributed by atoms with Crippen LogP contribution in [-0.2, 0) is 0 Å². The van der Waals surface area contributed by atoms with Crippen molar-refractivity contribution in [1.29, 1.82) is 0 Å². The van der Waals surface area contributed by atoms with Gasteiger partial charge in [-0.05, 0) is 30.9 Å². The van der Waals surface area contributed by atoms with Crippen LogP contribution in [0.25, 0.3) is 5.69 Å². The van der Waals surface area contributed by atoms with Gasteiger partial charge < -0.3 is 9.47 Å². The van der Waals surface area contributed by atoms with Gasteiger partial charge in [0.05, 0.1) is 11.3 Å². The van der Waals surface area contributed by atoms with Crippen molar-refractivity contribution in [1.82, 2.24) is 14.5 Å². The molecule has 132 valence electrons. The number of nitro benzene ring substituents is 1. The van der Waals surface area contributed by atoms with Crippen LogP contribution in [0.15, 0.2) is 36.9 Å². The molecule has 2 unspecified atom stereocenters. The number of benzene rings is 1. The maximum absolute atomic E-state index is 12.8. The lowest BCUT2D eigenvalue weighted by atomic mass is 9.85. The summed E-state index contributed by atoms with van der Waals surface area (Å²) in [6.45, 7) is 2.16. The van der Waals surface area contributed by atoms with E-state index in [0.717, 1.165) is 19.3 Å². The molecule has 7 nitrogen and oxygen atoms in total. The molecular formula is C18H22N4O3. The summed E-state index contributed by atoms with van der Waals surface area (Å²) in [6, 6.07) is 4.80. The zero-order chi connectivity index (χ0) is 18.0. The number of imidazole rings is 1. The van der Waals surface area contributed by atoms with Crippen LogP contribution in [-0.4, -0.2) is 38.4 Å². The first-order chi connectivity index (χ1) is 12.0. The number of aromatic nitrogens is 2. The van der Waals surface area contributed by atoms with Gasteiger partial charge in [0.25, 0.3) is 11.6 Å². The van der Waals surface area contributed by atoms with Crippen molar-refractivity contribution in [2.24, 2.45) is 5.92 Å². The van der Waals surface area contributed by atoms with Crippen molar-refractivity contribution in [3.8, 4) is 5.69 Å². The summed E-state index contributed by atoms with van der Waals surface area (Å²) in [4.78, 5) is 29.5. The highest BCUT2D eigenvalue weighted by Gasteiger charge is 2.29. The van der Waals surface area contributed by atoms with Crippen LogP contribution in [0.4, 0.5) is 5.69 Å². The van der Waals surface area contributed by atoms with Gasteiger partial charge in [-0.25, -0.2) is 4.98 Å². The predicted molar refractivity (Wildman–Crippen MR) is 93.7 cm³/mol. The molecule has 0 N–H and O–H groups in total. The molecule has 0 aliphatic heterocycles. The van der Waals surface area contributed by atoms with Crippen molar-refractivity contribution < 1.29 is 9.72 Å². The van der Waals surface area contributed by atoms with Crippen molar-refractivity contribution >= 4 is 11.6 Å². The molecular weight excluding hydrogens is 320 g/mol. The van der Waals surface area contributed by atoms with E-state index in [0.29, 0.717) is 17.2 Å². The van der Waals surface area contributed by atoms with Gasteiger partial charge in [-0.1, -0.05) is 19.8 Å². The van der Waals surface area contributed by atoms with Crippen LogP contribution < -0.4 is 0 Å². The second-order valence-corrected chi connectivity index (χ2v) is 6.68. The van der Waals surface area contributed by atoms with E-state index in [2.05, 4.69) is 11.9 Å². The fourth-order valence-corrected chi connectivity index (χ4v) is 3.65. The second kappa shape index (κ2) is 7.04. The molecule has 1 aromatic heterocycles. The van der Waals surface area contributed by atoms with E-state index in [4.69, 9.17) is 0 Å². The van der Waals surface area contributed by atoms with Crippen LogP contribution in [0.2, 0.25) is 0 Å². The second-order valence-electron chi connectivity index (χ2n) is 6.68. The molecule has 7 heteroatoms. The molecule has 1 amide bonds. The Morgan fingerprint density at radius 1 is 1.36 bits per heavy atom. The normalized spacial score (nSPS) is 20.2. The number of nitro groups is 1. The van der Waals surface area contributed by atoms with Crippen LogP contribution >= 0.6 is 0 Å². The van der Waals surface area contributed by atoms with Crippen LogP contribution in [0.1, 0.15) is 43.0 Å². The molecule has 0 saturated heterocycles. The molecule has 1 saturated carbocycles. The van der Waals surface area contributed by atoms with Gasteiger partial charge in [-0.2, -0.15) is 0 Å². The molecule has 2 aromatic rings. The summed E-state index contributed by atoms with van der Waals surface area (Å²) in [5.41, 5.74) is 0.637. The van der Waals surface area contributed by atoms with Gasteiger partial charge in [-0.3, -0.25) is 14.9 Å². The Balaban J connectivity index is 1.90. The van der Waals surface area contributed by atoms with E-state index in [1.807, 2.05) is 0 Å². The van der Waals surface area contributed by atoms with Gasteiger partial charge in [0.1, 0.15) is 5.69 Å². The van der Waals surface area contributed by atoms with Crippen LogP contribution in [0, 0.1) is 16.0 Å². The van der Waals surface area contributed by atoms with Crippen LogP contribution in [0.5, 0.6) is 0 Å². The SMILES string of the molecule is CC1CCCCC1N(C)C(=O)c1ccc(-n2ccnc2)c([N+](=O)[O-])c1. The van der Waals surface area contributed by atoms with Crippen molar-refractivity contribution in [3.05, 3.63) is 52.6 Å². The molecule has 0 spiro atoms. The molecule has 1 fully saturated rings. The monoisotopic (exact) mass is 342 g/mol. The van der Waals surface area contributed by atoms with Gasteiger partial charge in [0.2, 0.25) is 0 Å². The smallest absolute Gasteiger partial charge is 0.294 e. The summed E-state index contributed by atoms with van der Waals surface area (Å²) in [5.74, 6) is 0.280. The van der Waals surface area contributed by atoms with Gasteiger partial charge >= 0.3 is 0 Å². The molecule has 0 bridgehead atoms. The summed E-state index contributed by atoms with van der Waals surface area (Å²) < 4.78 is 1.57. The zero-order valence-corrected chi connectivity index (χ0v) is 14.5. The van der Waals surface area contributed by atoms with Gasteiger partial charge in [-0.15, -0.1) is 0 Å². The number of carbonyl (C=O) groups excluding carboxylic acids is 1. The van der Waals surface area contributed by atoms with E-state index in [1.165, 1.54) is 18.8 Å². The topological polar surface area (TPSA) is 81.3 Å². The number of hydrogen-bond acceptors (Lipinski definition) is 4. The zero-order valence-electron chi connectivity index (χ0n) is 14.5. The summed E-state index contributed by atoms with van der Waals surface area (Å²) in [6.07, 6.45) is 9.11. The maximum Gasteiger partial charge on any atom is 0.294 e. The summed E-state index contributed by atoms with van der Waals surface area (Å²) in [7, 11) is 1.80. The fourth-order valence-electron chi connectivity index (χ4n) is 3.65. The molecule has 1 heterocycles. The largest absolute Gasteiger partial charge is 0.338 e. The first-order valence-electron chi connectivity index (χ1n) is 8.53. The lowest BCUT2D eigenvalue weighted by Gasteiger charge is -2.36. The Bertz CT molecular complexity index is 773. The predicted octanol–water partition coefficient (Wildman–Crippen LogP) is 3.43. The average molecular weight is 342 g/mol. The minimum Gasteiger partial charge on any atom is -0.338 e. The Morgan fingerprint density at radius 2 is 2.12 bits per heavy atom. The van der Waals surface area contributed by atoms with E-state index in [-0.39, 0.29) is 17.6 Å². The third-order valence-corrected chi connectivity index (χ3v) is 5.09. The minimum atomic E-state index is -0.463. The quantitative estimate of drug-likeness (QED) is 0.629. The lowest BCUT2D eigenvalue weighted by Crippen LogP contribution is -2.42. The molecule has 0 radical (unpaired) electrons. The Kier molecular flexibility index (Phi) is 4.83. The lowest BCUT2D eigenvalue weighted by molar-refractivity contribution is -0.384. The maximum atomic E-state index is 12.8. The van der Waals surface area contributed by atoms with E-state index in [9.17, 15) is 14.9 Å². The number of carbonyl (C=O) groups is 1. The Morgan fingerprint density at radius 3 is 2.76 bits per heavy atom. The molecule has 1 aliphatic rings. The van der Waals surface area contributed by atoms with E-state index in [1.54, 1.807) is 41.0 Å². The van der Waals surface area contributed by atoms with Gasteiger partial charge in [0, 0.05) is 37.1 Å². The molecule has 25 heavy (non-hydrogen) atoms. The highest BCUT2D eigenvalue weighted by atomic mass is 16.6. The third kappa shape index (κ3) is 3.40. The number of amides is 1. The number of hydrogen-bond donors (Lipinski definition) is 0. The van der Waals surface area contributed by atoms with E-state index >= 15 is 0 Å².